The molecule has 1 heterocycles. The van der Waals surface area contributed by atoms with Crippen molar-refractivity contribution in [2.24, 2.45) is 5.92 Å². The Morgan fingerprint density at radius 3 is 2.24 bits per heavy atom. The van der Waals surface area contributed by atoms with Crippen LogP contribution in [0.3, 0.4) is 0 Å². The van der Waals surface area contributed by atoms with Crippen LogP contribution in [0.2, 0.25) is 0 Å². The molecule has 1 saturated heterocycles. The van der Waals surface area contributed by atoms with Gasteiger partial charge in [-0.15, -0.1) is 0 Å². The molecule has 3 aromatic rings. The minimum absolute atomic E-state index is 0.128. The molecule has 15 heteroatoms. The highest BCUT2D eigenvalue weighted by Gasteiger charge is 2.48. The van der Waals surface area contributed by atoms with E-state index < -0.39 is 71.1 Å². The number of carbonyl (C=O) groups excluding carboxylic acids is 2. The minimum atomic E-state index is -3.27. The summed E-state index contributed by atoms with van der Waals surface area (Å²) in [5.74, 6) is -1.65. The summed E-state index contributed by atoms with van der Waals surface area (Å²) in [6, 6.07) is 19.5. The number of nitrogens with zero attached hydrogens (tertiary/aromatic N) is 1. The zero-order valence-electron chi connectivity index (χ0n) is 28.6. The molecule has 13 nitrogen and oxygen atoms in total. The van der Waals surface area contributed by atoms with Gasteiger partial charge in [0.25, 0.3) is 0 Å². The van der Waals surface area contributed by atoms with Gasteiger partial charge in [0, 0.05) is 12.2 Å². The molecular formula is C36H45FN2O11S. The van der Waals surface area contributed by atoms with Gasteiger partial charge >= 0.3 is 5.97 Å². The Balaban J connectivity index is 1.49. The number of aliphatic hydroxyl groups excluding tert-OH is 4. The lowest BCUT2D eigenvalue weighted by Crippen LogP contribution is -2.55. The quantitative estimate of drug-likeness (QED) is 0.0527. The number of hydrogen-bond donors (Lipinski definition) is 5. The number of benzene rings is 3. The number of β-lactam (4-membered cyclic amide) rings is 1. The highest BCUT2D eigenvalue weighted by atomic mass is 32.2. The number of aryl methyl sites for hydroxylation is 1. The molecule has 1 unspecified atom stereocenters. The number of nitrogens with one attached hydrogen (secondary N) is 1. The van der Waals surface area contributed by atoms with E-state index in [0.717, 1.165) is 24.5 Å². The molecule has 0 aliphatic carbocycles. The van der Waals surface area contributed by atoms with Crippen LogP contribution in [0.1, 0.15) is 55.0 Å². The van der Waals surface area contributed by atoms with E-state index in [4.69, 9.17) is 9.47 Å². The van der Waals surface area contributed by atoms with Gasteiger partial charge in [0.1, 0.15) is 23.8 Å². The molecule has 0 saturated carbocycles. The Hall–Kier alpha value is -3.96. The molecular weight excluding hydrogens is 687 g/mol. The molecule has 1 aliphatic heterocycles. The maximum atomic E-state index is 13.6. The van der Waals surface area contributed by atoms with E-state index in [9.17, 15) is 42.8 Å². The van der Waals surface area contributed by atoms with Crippen molar-refractivity contribution in [3.05, 3.63) is 95.3 Å². The third-order valence-corrected chi connectivity index (χ3v) is 9.36. The van der Waals surface area contributed by atoms with Crippen molar-refractivity contribution in [3.8, 4) is 5.75 Å². The Labute approximate surface area is 296 Å². The van der Waals surface area contributed by atoms with Gasteiger partial charge < -0.3 is 39.5 Å². The lowest BCUT2D eigenvalue weighted by atomic mass is 9.78. The van der Waals surface area contributed by atoms with Crippen molar-refractivity contribution in [2.75, 3.05) is 31.4 Å². The molecule has 1 amide bonds. The molecule has 3 aromatic carbocycles. The number of rotatable bonds is 19. The Morgan fingerprint density at radius 1 is 1.00 bits per heavy atom. The molecule has 5 N–H and O–H groups in total. The third kappa shape index (κ3) is 10.8. The van der Waals surface area contributed by atoms with Crippen LogP contribution in [0.4, 0.5) is 10.1 Å². The monoisotopic (exact) mass is 732 g/mol. The van der Waals surface area contributed by atoms with Gasteiger partial charge in [0.05, 0.1) is 38.0 Å². The summed E-state index contributed by atoms with van der Waals surface area (Å²) in [7, 11) is -2.18. The second-order valence-electron chi connectivity index (χ2n) is 12.4. The summed E-state index contributed by atoms with van der Waals surface area (Å²) in [5.41, 5.74) is 2.97. The molecule has 0 spiro atoms. The number of anilines is 1. The topological polar surface area (TPSA) is 192 Å². The van der Waals surface area contributed by atoms with Crippen molar-refractivity contribution in [1.82, 2.24) is 4.72 Å². The van der Waals surface area contributed by atoms with E-state index in [0.29, 0.717) is 42.8 Å². The summed E-state index contributed by atoms with van der Waals surface area (Å²) >= 11 is 0. The maximum Gasteiger partial charge on any atom is 0.337 e. The van der Waals surface area contributed by atoms with E-state index in [1.807, 2.05) is 24.3 Å². The summed E-state index contributed by atoms with van der Waals surface area (Å²) in [4.78, 5) is 27.5. The number of aliphatic hydroxyl groups is 4. The average molecular weight is 733 g/mol. The first kappa shape index (κ1) is 39.8. The molecule has 1 aliphatic rings. The van der Waals surface area contributed by atoms with Gasteiger partial charge in [-0.05, 0) is 85.7 Å². The van der Waals surface area contributed by atoms with Gasteiger partial charge in [-0.25, -0.2) is 22.3 Å². The van der Waals surface area contributed by atoms with Gasteiger partial charge in [-0.1, -0.05) is 36.4 Å². The normalized spacial score (nSPS) is 19.1. The number of ether oxygens (including phenoxy) is 3. The Morgan fingerprint density at radius 2 is 1.65 bits per heavy atom. The van der Waals surface area contributed by atoms with Crippen molar-refractivity contribution in [3.63, 3.8) is 0 Å². The number of methoxy groups -OCH3 is 1. The smallest absolute Gasteiger partial charge is 0.337 e. The summed E-state index contributed by atoms with van der Waals surface area (Å²) in [6.45, 7) is 0.976. The number of sulfonamides is 1. The van der Waals surface area contributed by atoms with E-state index >= 15 is 0 Å². The fourth-order valence-corrected chi connectivity index (χ4v) is 6.45. The lowest BCUT2D eigenvalue weighted by Gasteiger charge is -2.48. The van der Waals surface area contributed by atoms with Crippen LogP contribution in [-0.2, 0) is 35.5 Å². The van der Waals surface area contributed by atoms with Crippen molar-refractivity contribution in [1.29, 1.82) is 0 Å². The fourth-order valence-electron chi connectivity index (χ4n) is 5.93. The van der Waals surface area contributed by atoms with Gasteiger partial charge in [-0.3, -0.25) is 4.79 Å². The minimum Gasteiger partial charge on any atom is -0.467 e. The number of halogens is 1. The zero-order chi connectivity index (χ0) is 37.3. The van der Waals surface area contributed by atoms with Crippen molar-refractivity contribution in [2.45, 2.75) is 69.4 Å². The highest BCUT2D eigenvalue weighted by Crippen LogP contribution is 2.46. The van der Waals surface area contributed by atoms with Gasteiger partial charge in [-0.2, -0.15) is 0 Å². The van der Waals surface area contributed by atoms with Crippen LogP contribution in [0, 0.1) is 11.7 Å². The van der Waals surface area contributed by atoms with Crippen molar-refractivity contribution >= 4 is 27.6 Å². The van der Waals surface area contributed by atoms with Crippen LogP contribution in [0.5, 0.6) is 5.75 Å². The van der Waals surface area contributed by atoms with Crippen LogP contribution >= 0.6 is 0 Å². The van der Waals surface area contributed by atoms with Gasteiger partial charge in [0.2, 0.25) is 15.9 Å². The summed E-state index contributed by atoms with van der Waals surface area (Å²) in [6.07, 6.45) is -4.10. The third-order valence-electron chi connectivity index (χ3n) is 8.63. The van der Waals surface area contributed by atoms with Crippen LogP contribution in [0.15, 0.2) is 72.8 Å². The van der Waals surface area contributed by atoms with Crippen molar-refractivity contribution < 1.29 is 57.0 Å². The fraction of sp³-hybridized carbons (Fsp3) is 0.444. The van der Waals surface area contributed by atoms with E-state index in [1.165, 1.54) is 31.2 Å². The van der Waals surface area contributed by atoms with E-state index in [2.05, 4.69) is 9.46 Å². The second kappa shape index (κ2) is 18.0. The lowest BCUT2D eigenvalue weighted by molar-refractivity contribution is -0.194. The number of amides is 1. The first-order chi connectivity index (χ1) is 24.2. The molecule has 51 heavy (non-hydrogen) atoms. The first-order valence-electron chi connectivity index (χ1n) is 16.5. The maximum absolute atomic E-state index is 13.6. The average Bonchev–Trinajstić information content (AvgIpc) is 3.11. The predicted molar refractivity (Wildman–Crippen MR) is 184 cm³/mol. The Bertz CT molecular complexity index is 1690. The summed E-state index contributed by atoms with van der Waals surface area (Å²) in [5, 5.41) is 40.0. The summed E-state index contributed by atoms with van der Waals surface area (Å²) < 4.78 is 54.5. The van der Waals surface area contributed by atoms with E-state index in [1.54, 1.807) is 29.2 Å². The molecule has 0 aromatic heterocycles. The zero-order valence-corrected chi connectivity index (χ0v) is 29.4. The standard InChI is InChI=1S/C36H45FN2O11S/c1-22(50-34(36(45)48-2)33(43)31(42)21-40)49-28-16-10-25(11-17-28)32-29(18-19-30(41)24-8-12-26(37)13-9-24)35(44)39(32)27-14-6-23(7-15-27)5-4-20-38-51(3,46)47/h6-17,22,29-34,38,40-43H,4-5,18-21H2,1-3H3/t22-,29?,30-,31-,32+,33+,34+/m0/s1. The number of carbonyl (C=O) groups is 2. The second-order valence-corrected chi connectivity index (χ2v) is 14.2. The predicted octanol–water partition coefficient (Wildman–Crippen LogP) is 2.52. The van der Waals surface area contributed by atoms with Crippen LogP contribution in [-0.4, -0.2) is 91.8 Å². The number of esters is 1. The van der Waals surface area contributed by atoms with Gasteiger partial charge in [0.15, 0.2) is 12.4 Å². The molecule has 7 atom stereocenters. The highest BCUT2D eigenvalue weighted by molar-refractivity contribution is 7.88. The SMILES string of the molecule is COC(=O)[C@H](O[C@@H](C)Oc1ccc([C@@H]2C(CC[C@H](O)c3ccc(F)cc3)C(=O)N2c2ccc(CCCNS(C)(=O)=O)cc2)cc1)[C@H](O)[C@@H](O)CO. The van der Waals surface area contributed by atoms with Crippen LogP contribution < -0.4 is 14.4 Å². The molecule has 278 valence electrons. The van der Waals surface area contributed by atoms with Crippen LogP contribution in [0.25, 0.3) is 0 Å². The molecule has 1 fully saturated rings. The largest absolute Gasteiger partial charge is 0.467 e. The van der Waals surface area contributed by atoms with E-state index in [-0.39, 0.29) is 12.3 Å². The Kier molecular flexibility index (Phi) is 14.1. The number of hydrogen-bond acceptors (Lipinski definition) is 11. The molecule has 0 bridgehead atoms. The molecule has 4 rings (SSSR count). The molecule has 0 radical (unpaired) electrons. The first-order valence-corrected chi connectivity index (χ1v) is 18.4.